The molecule has 1 amide bonds. The summed E-state index contributed by atoms with van der Waals surface area (Å²) < 4.78 is 5.30. The lowest BCUT2D eigenvalue weighted by Gasteiger charge is -2.11. The fraction of sp³-hybridized carbons (Fsp3) is 0.316. The Hall–Kier alpha value is -2.67. The molecule has 0 saturated carbocycles. The van der Waals surface area contributed by atoms with E-state index in [0.717, 1.165) is 28.0 Å². The Kier molecular flexibility index (Phi) is 5.68. The summed E-state index contributed by atoms with van der Waals surface area (Å²) in [5, 5.41) is 7.01. The number of carbonyl (C=O) groups is 1. The van der Waals surface area contributed by atoms with Crippen molar-refractivity contribution in [3.63, 3.8) is 0 Å². The first-order chi connectivity index (χ1) is 12.6. The van der Waals surface area contributed by atoms with Gasteiger partial charge in [0, 0.05) is 17.0 Å². The van der Waals surface area contributed by atoms with Crippen LogP contribution in [0.3, 0.4) is 0 Å². The van der Waals surface area contributed by atoms with E-state index >= 15 is 0 Å². The lowest BCUT2D eigenvalue weighted by Crippen LogP contribution is -2.29. The summed E-state index contributed by atoms with van der Waals surface area (Å²) in [7, 11) is 1.62. The molecule has 0 fully saturated rings. The van der Waals surface area contributed by atoms with Gasteiger partial charge in [-0.3, -0.25) is 4.79 Å². The first-order valence-corrected chi connectivity index (χ1v) is 9.32. The number of benzene rings is 1. The molecule has 3 aromatic rings. The fourth-order valence-corrected chi connectivity index (χ4v) is 3.67. The molecule has 0 radical (unpaired) electrons. The number of ether oxygens (including phenoxy) is 1. The summed E-state index contributed by atoms with van der Waals surface area (Å²) in [4.78, 5) is 23.4. The second-order valence-corrected chi connectivity index (χ2v) is 6.96. The average Bonchev–Trinajstić information content (AvgIpc) is 3.07. The third-order valence-corrected chi connectivity index (χ3v) is 5.16. The molecular formula is C19H22N4O2S. The maximum absolute atomic E-state index is 12.2. The lowest BCUT2D eigenvalue weighted by atomic mass is 10.2. The van der Waals surface area contributed by atoms with E-state index in [1.54, 1.807) is 18.4 Å². The highest BCUT2D eigenvalue weighted by molar-refractivity contribution is 7.18. The first kappa shape index (κ1) is 18.1. The van der Waals surface area contributed by atoms with Crippen molar-refractivity contribution in [3.05, 3.63) is 46.6 Å². The number of hydrogen-bond donors (Lipinski definition) is 2. The van der Waals surface area contributed by atoms with Gasteiger partial charge in [0.05, 0.1) is 19.0 Å². The van der Waals surface area contributed by atoms with E-state index in [4.69, 9.17) is 4.74 Å². The molecule has 0 saturated heterocycles. The number of thiophene rings is 1. The van der Waals surface area contributed by atoms with Gasteiger partial charge in [-0.1, -0.05) is 25.1 Å². The molecule has 6 nitrogen and oxygen atoms in total. The van der Waals surface area contributed by atoms with E-state index in [2.05, 4.69) is 33.6 Å². The average molecular weight is 370 g/mol. The number of rotatable bonds is 7. The van der Waals surface area contributed by atoms with E-state index in [-0.39, 0.29) is 12.5 Å². The van der Waals surface area contributed by atoms with Crippen LogP contribution in [0.5, 0.6) is 5.75 Å². The van der Waals surface area contributed by atoms with Crippen LogP contribution in [0, 0.1) is 6.92 Å². The Balaban J connectivity index is 1.64. The molecule has 0 unspecified atom stereocenters. The predicted octanol–water partition coefficient (Wildman–Crippen LogP) is 3.30. The number of aromatic nitrogens is 2. The van der Waals surface area contributed by atoms with Crippen LogP contribution in [-0.4, -0.2) is 29.5 Å². The zero-order valence-corrected chi connectivity index (χ0v) is 15.9. The number of aryl methyl sites for hydroxylation is 2. The van der Waals surface area contributed by atoms with Crippen molar-refractivity contribution in [3.8, 4) is 5.75 Å². The Morgan fingerprint density at radius 3 is 2.85 bits per heavy atom. The van der Waals surface area contributed by atoms with Gasteiger partial charge in [0.2, 0.25) is 5.91 Å². The molecule has 7 heteroatoms. The highest BCUT2D eigenvalue weighted by Crippen LogP contribution is 2.29. The van der Waals surface area contributed by atoms with Gasteiger partial charge in [-0.2, -0.15) is 0 Å². The first-order valence-electron chi connectivity index (χ1n) is 8.50. The monoisotopic (exact) mass is 370 g/mol. The molecule has 136 valence electrons. The lowest BCUT2D eigenvalue weighted by molar-refractivity contribution is -0.119. The molecule has 2 aromatic heterocycles. The number of nitrogens with zero attached hydrogens (tertiary/aromatic N) is 2. The molecule has 0 spiro atoms. The maximum Gasteiger partial charge on any atom is 0.239 e. The van der Waals surface area contributed by atoms with Crippen molar-refractivity contribution in [2.24, 2.45) is 0 Å². The summed E-state index contributed by atoms with van der Waals surface area (Å²) >= 11 is 1.67. The number of methoxy groups -OCH3 is 1. The third-order valence-electron chi connectivity index (χ3n) is 3.99. The Bertz CT molecular complexity index is 923. The molecule has 3 rings (SSSR count). The Labute approximate surface area is 156 Å². The van der Waals surface area contributed by atoms with Crippen molar-refractivity contribution in [2.45, 2.75) is 26.8 Å². The van der Waals surface area contributed by atoms with Crippen LogP contribution in [0.4, 0.5) is 5.82 Å². The second kappa shape index (κ2) is 8.14. The van der Waals surface area contributed by atoms with Gasteiger partial charge in [-0.05, 0) is 25.5 Å². The van der Waals surface area contributed by atoms with Crippen LogP contribution >= 0.6 is 11.3 Å². The Morgan fingerprint density at radius 2 is 2.08 bits per heavy atom. The van der Waals surface area contributed by atoms with Gasteiger partial charge in [-0.15, -0.1) is 11.3 Å². The highest BCUT2D eigenvalue weighted by atomic mass is 32.1. The van der Waals surface area contributed by atoms with Crippen LogP contribution in [-0.2, 0) is 17.8 Å². The van der Waals surface area contributed by atoms with Crippen molar-refractivity contribution in [1.29, 1.82) is 0 Å². The van der Waals surface area contributed by atoms with Gasteiger partial charge >= 0.3 is 0 Å². The molecule has 2 N–H and O–H groups in total. The van der Waals surface area contributed by atoms with E-state index in [0.29, 0.717) is 18.2 Å². The van der Waals surface area contributed by atoms with Crippen molar-refractivity contribution < 1.29 is 9.53 Å². The van der Waals surface area contributed by atoms with Gasteiger partial charge in [-0.25, -0.2) is 9.97 Å². The SMILES string of the molecule is CCc1cc2c(NCC(=O)NCc3ccccc3OC)nc(C)nc2s1. The number of hydrogen-bond acceptors (Lipinski definition) is 6. The number of fused-ring (bicyclic) bond motifs is 1. The quantitative estimate of drug-likeness (QED) is 0.667. The summed E-state index contributed by atoms with van der Waals surface area (Å²) in [6.07, 6.45) is 0.957. The van der Waals surface area contributed by atoms with Crippen molar-refractivity contribution in [2.75, 3.05) is 19.0 Å². The Morgan fingerprint density at radius 1 is 1.27 bits per heavy atom. The zero-order valence-electron chi connectivity index (χ0n) is 15.1. The van der Waals surface area contributed by atoms with Gasteiger partial charge in [0.25, 0.3) is 0 Å². The number of para-hydroxylation sites is 1. The van der Waals surface area contributed by atoms with E-state index < -0.39 is 0 Å². The van der Waals surface area contributed by atoms with Gasteiger partial charge in [0.1, 0.15) is 22.2 Å². The molecule has 0 aliphatic carbocycles. The van der Waals surface area contributed by atoms with Gasteiger partial charge < -0.3 is 15.4 Å². The molecule has 0 aliphatic heterocycles. The van der Waals surface area contributed by atoms with E-state index in [1.807, 2.05) is 31.2 Å². The summed E-state index contributed by atoms with van der Waals surface area (Å²) in [6, 6.07) is 9.72. The maximum atomic E-state index is 12.2. The van der Waals surface area contributed by atoms with Crippen LogP contribution < -0.4 is 15.4 Å². The standard InChI is InChI=1S/C19H22N4O2S/c1-4-14-9-15-18(22-12(2)23-19(15)26-14)21-11-17(24)20-10-13-7-5-6-8-16(13)25-3/h5-9H,4,10-11H2,1-3H3,(H,20,24)(H,21,22,23). The van der Waals surface area contributed by atoms with Crippen LogP contribution in [0.15, 0.2) is 30.3 Å². The van der Waals surface area contributed by atoms with Crippen LogP contribution in [0.25, 0.3) is 10.2 Å². The molecule has 0 atom stereocenters. The summed E-state index contributed by atoms with van der Waals surface area (Å²) in [6.45, 7) is 4.54. The molecule has 0 aliphatic rings. The van der Waals surface area contributed by atoms with Gasteiger partial charge in [0.15, 0.2) is 0 Å². The molecule has 26 heavy (non-hydrogen) atoms. The molecule has 0 bridgehead atoms. The number of carbonyl (C=O) groups excluding carboxylic acids is 1. The third kappa shape index (κ3) is 4.11. The number of nitrogens with one attached hydrogen (secondary N) is 2. The minimum Gasteiger partial charge on any atom is -0.496 e. The predicted molar refractivity (Wildman–Crippen MR) is 105 cm³/mol. The topological polar surface area (TPSA) is 76.1 Å². The molecule has 2 heterocycles. The minimum atomic E-state index is -0.105. The van der Waals surface area contributed by atoms with Crippen molar-refractivity contribution >= 4 is 33.3 Å². The fourth-order valence-electron chi connectivity index (χ4n) is 2.66. The normalized spacial score (nSPS) is 10.7. The van der Waals surface area contributed by atoms with Crippen molar-refractivity contribution in [1.82, 2.24) is 15.3 Å². The second-order valence-electron chi connectivity index (χ2n) is 5.85. The molecular weight excluding hydrogens is 348 g/mol. The largest absolute Gasteiger partial charge is 0.496 e. The van der Waals surface area contributed by atoms with E-state index in [9.17, 15) is 4.79 Å². The van der Waals surface area contributed by atoms with Crippen LogP contribution in [0.2, 0.25) is 0 Å². The smallest absolute Gasteiger partial charge is 0.239 e. The number of amides is 1. The summed E-state index contributed by atoms with van der Waals surface area (Å²) in [5.74, 6) is 2.06. The minimum absolute atomic E-state index is 0.105. The van der Waals surface area contributed by atoms with Crippen LogP contribution in [0.1, 0.15) is 23.2 Å². The summed E-state index contributed by atoms with van der Waals surface area (Å²) in [5.41, 5.74) is 0.939. The highest BCUT2D eigenvalue weighted by Gasteiger charge is 2.11. The number of anilines is 1. The zero-order chi connectivity index (χ0) is 18.5. The molecule has 1 aromatic carbocycles. The van der Waals surface area contributed by atoms with E-state index in [1.165, 1.54) is 4.88 Å².